The van der Waals surface area contributed by atoms with E-state index >= 15 is 0 Å². The van der Waals surface area contributed by atoms with Gasteiger partial charge in [-0.1, -0.05) is 115 Å². The Kier molecular flexibility index (Phi) is 7.46. The fourth-order valence-corrected chi connectivity index (χ4v) is 7.95. The molecule has 9 aromatic carbocycles. The molecule has 0 aliphatic carbocycles. The first-order valence-corrected chi connectivity index (χ1v) is 18.9. The number of benzene rings is 9. The van der Waals surface area contributed by atoms with Crippen molar-refractivity contribution in [1.82, 2.24) is 9.97 Å². The van der Waals surface area contributed by atoms with Gasteiger partial charge >= 0.3 is 0 Å². The van der Waals surface area contributed by atoms with Crippen LogP contribution in [0.2, 0.25) is 0 Å². The topological polar surface area (TPSA) is 42.2 Å². The second-order valence-corrected chi connectivity index (χ2v) is 14.3. The van der Waals surface area contributed by atoms with Crippen molar-refractivity contribution in [1.29, 1.82) is 0 Å². The number of hydrogen-bond acceptors (Lipinski definition) is 4. The van der Waals surface area contributed by atoms with E-state index in [0.717, 1.165) is 55.9 Å². The summed E-state index contributed by atoms with van der Waals surface area (Å²) in [6, 6.07) is 70.8. The van der Waals surface area contributed by atoms with Crippen molar-refractivity contribution in [3.63, 3.8) is 0 Å². The van der Waals surface area contributed by atoms with Crippen LogP contribution < -0.4 is 4.90 Å². The van der Waals surface area contributed by atoms with Gasteiger partial charge in [-0.25, -0.2) is 9.97 Å². The zero-order chi connectivity index (χ0) is 37.0. The SMILES string of the molecule is c1ccc2cc(-c3ccc4c(ccc5cc(N(c6ccc(-c7ccc8ccccc8n7)cc6)c6ccc(-c7nc8ccccc8o7)cc6)ccc54)c3)ccc2c1. The van der Waals surface area contributed by atoms with Crippen LogP contribution in [0.5, 0.6) is 0 Å². The van der Waals surface area contributed by atoms with E-state index in [-0.39, 0.29) is 0 Å². The van der Waals surface area contributed by atoms with Gasteiger partial charge in [-0.2, -0.15) is 0 Å². The predicted octanol–water partition coefficient (Wildman–Crippen LogP) is 14.3. The van der Waals surface area contributed by atoms with Crippen LogP contribution in [-0.2, 0) is 0 Å². The van der Waals surface area contributed by atoms with Gasteiger partial charge in [0.2, 0.25) is 5.89 Å². The molecule has 0 amide bonds. The summed E-state index contributed by atoms with van der Waals surface area (Å²) in [5, 5.41) is 8.50. The third-order valence-electron chi connectivity index (χ3n) is 10.8. The maximum atomic E-state index is 6.11. The molecule has 0 saturated heterocycles. The molecule has 0 saturated carbocycles. The normalized spacial score (nSPS) is 11.6. The Morgan fingerprint density at radius 1 is 0.339 bits per heavy atom. The number of oxazole rings is 1. The van der Waals surface area contributed by atoms with E-state index in [1.165, 1.54) is 43.4 Å². The average Bonchev–Trinajstić information content (AvgIpc) is 3.71. The molecule has 0 aliphatic rings. The lowest BCUT2D eigenvalue weighted by Gasteiger charge is -2.26. The van der Waals surface area contributed by atoms with Crippen LogP contribution in [0.3, 0.4) is 0 Å². The first-order chi connectivity index (χ1) is 27.7. The summed E-state index contributed by atoms with van der Waals surface area (Å²) >= 11 is 0. The van der Waals surface area contributed by atoms with Crippen LogP contribution in [0.4, 0.5) is 17.1 Å². The van der Waals surface area contributed by atoms with Crippen molar-refractivity contribution in [3.05, 3.63) is 200 Å². The van der Waals surface area contributed by atoms with E-state index in [9.17, 15) is 0 Å². The van der Waals surface area contributed by atoms with Crippen molar-refractivity contribution >= 4 is 71.4 Å². The Labute approximate surface area is 323 Å². The van der Waals surface area contributed by atoms with Crippen molar-refractivity contribution in [2.75, 3.05) is 4.90 Å². The van der Waals surface area contributed by atoms with Crippen LogP contribution in [0.25, 0.3) is 88.2 Å². The zero-order valence-corrected chi connectivity index (χ0v) is 30.3. The maximum absolute atomic E-state index is 6.11. The third kappa shape index (κ3) is 5.64. The van der Waals surface area contributed by atoms with Crippen molar-refractivity contribution in [2.24, 2.45) is 0 Å². The first-order valence-electron chi connectivity index (χ1n) is 18.9. The van der Waals surface area contributed by atoms with E-state index in [0.29, 0.717) is 5.89 Å². The lowest BCUT2D eigenvalue weighted by molar-refractivity contribution is 0.620. The van der Waals surface area contributed by atoms with Gasteiger partial charge < -0.3 is 9.32 Å². The van der Waals surface area contributed by atoms with Crippen molar-refractivity contribution in [2.45, 2.75) is 0 Å². The molecular formula is C52H33N3O. The molecule has 56 heavy (non-hydrogen) atoms. The molecule has 0 fully saturated rings. The number of anilines is 3. The number of para-hydroxylation sites is 3. The molecule has 0 bridgehead atoms. The first kappa shape index (κ1) is 31.9. The van der Waals surface area contributed by atoms with Crippen LogP contribution in [-0.4, -0.2) is 9.97 Å². The molecule has 0 N–H and O–H groups in total. The minimum Gasteiger partial charge on any atom is -0.436 e. The van der Waals surface area contributed by atoms with Gasteiger partial charge in [-0.05, 0) is 128 Å². The summed E-state index contributed by atoms with van der Waals surface area (Å²) in [6.07, 6.45) is 0. The second-order valence-electron chi connectivity index (χ2n) is 14.3. The number of fused-ring (bicyclic) bond motifs is 6. The molecule has 0 aliphatic heterocycles. The van der Waals surface area contributed by atoms with Gasteiger partial charge in [0.05, 0.1) is 11.2 Å². The molecule has 11 aromatic rings. The summed E-state index contributed by atoms with van der Waals surface area (Å²) in [4.78, 5) is 12.0. The molecular weight excluding hydrogens is 683 g/mol. The molecule has 0 spiro atoms. The quantitative estimate of drug-likeness (QED) is 0.161. The Morgan fingerprint density at radius 3 is 1.64 bits per heavy atom. The lowest BCUT2D eigenvalue weighted by atomic mass is 9.96. The number of hydrogen-bond donors (Lipinski definition) is 0. The number of pyridine rings is 1. The molecule has 2 aromatic heterocycles. The monoisotopic (exact) mass is 715 g/mol. The highest BCUT2D eigenvalue weighted by Gasteiger charge is 2.16. The van der Waals surface area contributed by atoms with E-state index in [1.807, 2.05) is 36.4 Å². The summed E-state index contributed by atoms with van der Waals surface area (Å²) in [7, 11) is 0. The molecule has 11 rings (SSSR count). The minimum atomic E-state index is 0.609. The number of rotatable bonds is 6. The van der Waals surface area contributed by atoms with Gasteiger partial charge in [0.25, 0.3) is 0 Å². The van der Waals surface area contributed by atoms with E-state index in [4.69, 9.17) is 14.4 Å². The highest BCUT2D eigenvalue weighted by molar-refractivity contribution is 6.09. The van der Waals surface area contributed by atoms with Gasteiger partial charge in [0, 0.05) is 33.6 Å². The Morgan fingerprint density at radius 2 is 0.875 bits per heavy atom. The molecule has 0 radical (unpaired) electrons. The third-order valence-corrected chi connectivity index (χ3v) is 10.8. The Hall–Kier alpha value is -7.56. The Bertz CT molecular complexity index is 3220. The van der Waals surface area contributed by atoms with Crippen molar-refractivity contribution in [3.8, 4) is 33.8 Å². The molecule has 262 valence electrons. The lowest BCUT2D eigenvalue weighted by Crippen LogP contribution is -2.10. The minimum absolute atomic E-state index is 0.609. The predicted molar refractivity (Wildman–Crippen MR) is 233 cm³/mol. The summed E-state index contributed by atoms with van der Waals surface area (Å²) < 4.78 is 6.11. The van der Waals surface area contributed by atoms with Gasteiger partial charge in [0.1, 0.15) is 5.52 Å². The van der Waals surface area contributed by atoms with E-state index < -0.39 is 0 Å². The van der Waals surface area contributed by atoms with Gasteiger partial charge in [0.15, 0.2) is 5.58 Å². The number of nitrogens with zero attached hydrogens (tertiary/aromatic N) is 3. The molecule has 4 nitrogen and oxygen atoms in total. The standard InChI is InChI=1S/C52H33N3O/c1-2-9-38-31-39(14-13-34(38)7-1)40-21-28-46-41(32-40)15-16-42-33-45(27-29-47(42)46)55(44-25-19-37(20-26-44)52-54-50-11-5-6-12-51(50)56-52)43-23-17-36(18-24-43)49-30-22-35-8-3-4-10-48(35)53-49/h1-33H. The maximum Gasteiger partial charge on any atom is 0.227 e. The zero-order valence-electron chi connectivity index (χ0n) is 30.3. The fourth-order valence-electron chi connectivity index (χ4n) is 7.95. The summed E-state index contributed by atoms with van der Waals surface area (Å²) in [5.41, 5.74) is 11.1. The van der Waals surface area contributed by atoms with Gasteiger partial charge in [-0.15, -0.1) is 0 Å². The van der Waals surface area contributed by atoms with Crippen LogP contribution in [0, 0.1) is 0 Å². The Balaban J connectivity index is 0.983. The molecule has 0 atom stereocenters. The van der Waals surface area contributed by atoms with Crippen LogP contribution in [0.15, 0.2) is 205 Å². The van der Waals surface area contributed by atoms with Crippen molar-refractivity contribution < 1.29 is 4.42 Å². The molecule has 0 unspecified atom stereocenters. The summed E-state index contributed by atoms with van der Waals surface area (Å²) in [5.74, 6) is 0.609. The van der Waals surface area contributed by atoms with E-state index in [1.54, 1.807) is 0 Å². The fraction of sp³-hybridized carbons (Fsp3) is 0. The second kappa shape index (κ2) is 13.1. The van der Waals surface area contributed by atoms with Crippen LogP contribution in [0.1, 0.15) is 0 Å². The number of aromatic nitrogens is 2. The molecule has 4 heteroatoms. The van der Waals surface area contributed by atoms with Gasteiger partial charge in [-0.3, -0.25) is 0 Å². The average molecular weight is 716 g/mol. The van der Waals surface area contributed by atoms with E-state index in [2.05, 4.69) is 169 Å². The highest BCUT2D eigenvalue weighted by Crippen LogP contribution is 2.40. The largest absolute Gasteiger partial charge is 0.436 e. The molecule has 2 heterocycles. The smallest absolute Gasteiger partial charge is 0.227 e. The highest BCUT2D eigenvalue weighted by atomic mass is 16.3. The van der Waals surface area contributed by atoms with Crippen LogP contribution >= 0.6 is 0 Å². The summed E-state index contributed by atoms with van der Waals surface area (Å²) in [6.45, 7) is 0.